The van der Waals surface area contributed by atoms with E-state index in [2.05, 4.69) is 5.32 Å². The van der Waals surface area contributed by atoms with Crippen LogP contribution in [-0.2, 0) is 4.79 Å². The summed E-state index contributed by atoms with van der Waals surface area (Å²) in [5.41, 5.74) is 1.74. The Morgan fingerprint density at radius 1 is 1.20 bits per heavy atom. The molecule has 2 amide bonds. The minimum absolute atomic E-state index is 0.0721. The van der Waals surface area contributed by atoms with Crippen molar-refractivity contribution in [1.82, 2.24) is 0 Å². The Morgan fingerprint density at radius 3 is 2.76 bits per heavy atom. The quantitative estimate of drug-likeness (QED) is 0.894. The fourth-order valence-corrected chi connectivity index (χ4v) is 3.06. The van der Waals surface area contributed by atoms with E-state index < -0.39 is 0 Å². The van der Waals surface area contributed by atoms with Crippen molar-refractivity contribution in [2.24, 2.45) is 0 Å². The molecule has 0 aliphatic carbocycles. The molecule has 25 heavy (non-hydrogen) atoms. The third-order valence-corrected chi connectivity index (χ3v) is 4.37. The van der Waals surface area contributed by atoms with Crippen molar-refractivity contribution in [3.8, 4) is 5.75 Å². The molecule has 2 aromatic rings. The lowest BCUT2D eigenvalue weighted by atomic mass is 10.1. The maximum absolute atomic E-state index is 12.4. The van der Waals surface area contributed by atoms with Crippen molar-refractivity contribution >= 4 is 34.8 Å². The van der Waals surface area contributed by atoms with Gasteiger partial charge in [0.15, 0.2) is 0 Å². The highest BCUT2D eigenvalue weighted by Gasteiger charge is 2.23. The second-order valence-electron chi connectivity index (χ2n) is 5.85. The van der Waals surface area contributed by atoms with Gasteiger partial charge in [-0.25, -0.2) is 0 Å². The maximum atomic E-state index is 12.4. The van der Waals surface area contributed by atoms with Gasteiger partial charge < -0.3 is 15.0 Å². The number of nitrogens with zero attached hydrogens (tertiary/aromatic N) is 1. The maximum Gasteiger partial charge on any atom is 0.255 e. The molecule has 1 aliphatic rings. The molecule has 1 N–H and O–H groups in total. The number of hydrogen-bond acceptors (Lipinski definition) is 3. The number of amides is 2. The van der Waals surface area contributed by atoms with E-state index in [9.17, 15) is 9.59 Å². The number of rotatable bonds is 4. The molecule has 0 atom stereocenters. The molecule has 0 radical (unpaired) electrons. The van der Waals surface area contributed by atoms with Gasteiger partial charge in [0.2, 0.25) is 5.91 Å². The zero-order chi connectivity index (χ0) is 17.8. The smallest absolute Gasteiger partial charge is 0.255 e. The highest BCUT2D eigenvalue weighted by Crippen LogP contribution is 2.33. The summed E-state index contributed by atoms with van der Waals surface area (Å²) in [5.74, 6) is 0.419. The molecule has 6 heteroatoms. The summed E-state index contributed by atoms with van der Waals surface area (Å²) >= 11 is 5.93. The molecule has 0 saturated carbocycles. The SMILES string of the molecule is COc1ccc(NC(=O)c2cccc(Cl)c2)cc1N1CCCCC1=O. The van der Waals surface area contributed by atoms with Crippen LogP contribution < -0.4 is 15.0 Å². The Balaban J connectivity index is 1.86. The van der Waals surface area contributed by atoms with Crippen molar-refractivity contribution in [2.45, 2.75) is 19.3 Å². The molecule has 130 valence electrons. The summed E-state index contributed by atoms with van der Waals surface area (Å²) in [6, 6.07) is 12.0. The Morgan fingerprint density at radius 2 is 2.04 bits per heavy atom. The second kappa shape index (κ2) is 7.57. The van der Waals surface area contributed by atoms with E-state index in [1.54, 1.807) is 54.5 Å². The van der Waals surface area contributed by atoms with Crippen molar-refractivity contribution in [3.05, 3.63) is 53.1 Å². The summed E-state index contributed by atoms with van der Waals surface area (Å²) in [5, 5.41) is 3.34. The standard InChI is InChI=1S/C19H19ClN2O3/c1-25-17-9-8-15(12-16(17)22-10-3-2-7-18(22)23)21-19(24)13-5-4-6-14(20)11-13/h4-6,8-9,11-12H,2-3,7,10H2,1H3,(H,21,24). The molecular formula is C19H19ClN2O3. The zero-order valence-corrected chi connectivity index (χ0v) is 14.7. The van der Waals surface area contributed by atoms with E-state index in [-0.39, 0.29) is 11.8 Å². The molecular weight excluding hydrogens is 340 g/mol. The molecule has 1 heterocycles. The minimum Gasteiger partial charge on any atom is -0.495 e. The monoisotopic (exact) mass is 358 g/mol. The van der Waals surface area contributed by atoms with Crippen LogP contribution in [0, 0.1) is 0 Å². The lowest BCUT2D eigenvalue weighted by Gasteiger charge is -2.28. The Kier molecular flexibility index (Phi) is 5.24. The molecule has 0 bridgehead atoms. The van der Waals surface area contributed by atoms with Gasteiger partial charge in [-0.15, -0.1) is 0 Å². The number of halogens is 1. The molecule has 1 saturated heterocycles. The number of anilines is 2. The van der Waals surface area contributed by atoms with Gasteiger partial charge in [0.1, 0.15) is 5.75 Å². The molecule has 5 nitrogen and oxygen atoms in total. The lowest BCUT2D eigenvalue weighted by molar-refractivity contribution is -0.119. The van der Waals surface area contributed by atoms with Gasteiger partial charge in [-0.05, 0) is 49.2 Å². The number of methoxy groups -OCH3 is 1. The number of nitrogens with one attached hydrogen (secondary N) is 1. The fourth-order valence-electron chi connectivity index (χ4n) is 2.87. The highest BCUT2D eigenvalue weighted by atomic mass is 35.5. The predicted octanol–water partition coefficient (Wildman–Crippen LogP) is 4.12. The summed E-state index contributed by atoms with van der Waals surface area (Å²) in [6.07, 6.45) is 2.39. The molecule has 0 aromatic heterocycles. The molecule has 3 rings (SSSR count). The first-order valence-corrected chi connectivity index (χ1v) is 8.51. The molecule has 2 aromatic carbocycles. The van der Waals surface area contributed by atoms with Gasteiger partial charge in [0.05, 0.1) is 12.8 Å². The Bertz CT molecular complexity index is 807. The molecule has 1 fully saturated rings. The van der Waals surface area contributed by atoms with Crippen LogP contribution in [0.2, 0.25) is 5.02 Å². The van der Waals surface area contributed by atoms with Gasteiger partial charge >= 0.3 is 0 Å². The second-order valence-corrected chi connectivity index (χ2v) is 6.29. The van der Waals surface area contributed by atoms with Crippen LogP contribution in [0.4, 0.5) is 11.4 Å². The zero-order valence-electron chi connectivity index (χ0n) is 13.9. The van der Waals surface area contributed by atoms with Crippen molar-refractivity contribution in [3.63, 3.8) is 0 Å². The topological polar surface area (TPSA) is 58.6 Å². The van der Waals surface area contributed by atoms with Crippen LogP contribution in [-0.4, -0.2) is 25.5 Å². The molecule has 0 unspecified atom stereocenters. The van der Waals surface area contributed by atoms with Gasteiger partial charge in [-0.1, -0.05) is 17.7 Å². The van der Waals surface area contributed by atoms with E-state index in [0.717, 1.165) is 12.8 Å². The number of carbonyl (C=O) groups excluding carboxylic acids is 2. The largest absolute Gasteiger partial charge is 0.495 e. The van der Waals surface area contributed by atoms with Gasteiger partial charge in [0.25, 0.3) is 5.91 Å². The summed E-state index contributed by atoms with van der Waals surface area (Å²) in [4.78, 5) is 26.3. The number of carbonyl (C=O) groups is 2. The Hall–Kier alpha value is -2.53. The fraction of sp³-hybridized carbons (Fsp3) is 0.263. The minimum atomic E-state index is -0.261. The summed E-state index contributed by atoms with van der Waals surface area (Å²) < 4.78 is 5.38. The van der Waals surface area contributed by atoms with E-state index in [4.69, 9.17) is 16.3 Å². The van der Waals surface area contributed by atoms with Gasteiger partial charge in [-0.3, -0.25) is 9.59 Å². The average molecular weight is 359 g/mol. The number of hydrogen-bond donors (Lipinski definition) is 1. The number of ether oxygens (including phenoxy) is 1. The number of piperidine rings is 1. The number of benzene rings is 2. The Labute approximate surface area is 151 Å². The van der Waals surface area contributed by atoms with Crippen molar-refractivity contribution in [2.75, 3.05) is 23.9 Å². The van der Waals surface area contributed by atoms with Crippen molar-refractivity contribution in [1.29, 1.82) is 0 Å². The van der Waals surface area contributed by atoms with Crippen LogP contribution in [0.1, 0.15) is 29.6 Å². The first-order valence-electron chi connectivity index (χ1n) is 8.14. The van der Waals surface area contributed by atoms with Crippen LogP contribution in [0.25, 0.3) is 0 Å². The third-order valence-electron chi connectivity index (χ3n) is 4.14. The first kappa shape index (κ1) is 17.3. The van der Waals surface area contributed by atoms with Crippen LogP contribution in [0.3, 0.4) is 0 Å². The first-order chi connectivity index (χ1) is 12.1. The highest BCUT2D eigenvalue weighted by molar-refractivity contribution is 6.31. The van der Waals surface area contributed by atoms with Crippen LogP contribution in [0.5, 0.6) is 5.75 Å². The predicted molar refractivity (Wildman–Crippen MR) is 98.6 cm³/mol. The van der Waals surface area contributed by atoms with E-state index in [1.165, 1.54) is 0 Å². The summed E-state index contributed by atoms with van der Waals surface area (Å²) in [7, 11) is 1.57. The average Bonchev–Trinajstić information content (AvgIpc) is 2.62. The van der Waals surface area contributed by atoms with Crippen LogP contribution >= 0.6 is 11.6 Å². The van der Waals surface area contributed by atoms with Crippen molar-refractivity contribution < 1.29 is 14.3 Å². The lowest BCUT2D eigenvalue weighted by Crippen LogP contribution is -2.35. The van der Waals surface area contributed by atoms with Gasteiger partial charge in [0, 0.05) is 29.2 Å². The molecule has 1 aliphatic heterocycles. The van der Waals surface area contributed by atoms with E-state index in [1.807, 2.05) is 0 Å². The van der Waals surface area contributed by atoms with Crippen LogP contribution in [0.15, 0.2) is 42.5 Å². The summed E-state index contributed by atoms with van der Waals surface area (Å²) in [6.45, 7) is 0.654. The van der Waals surface area contributed by atoms with Gasteiger partial charge in [-0.2, -0.15) is 0 Å². The molecule has 0 spiro atoms. The normalized spacial score (nSPS) is 14.3. The third kappa shape index (κ3) is 3.94. The van der Waals surface area contributed by atoms with E-state index >= 15 is 0 Å². The van der Waals surface area contributed by atoms with E-state index in [0.29, 0.717) is 40.7 Å².